The molecule has 1 aromatic carbocycles. The Bertz CT molecular complexity index is 481. The molecule has 122 valence electrons. The van der Waals surface area contributed by atoms with Gasteiger partial charge in [0.05, 0.1) is 6.10 Å². The maximum absolute atomic E-state index is 13.4. The van der Waals surface area contributed by atoms with E-state index in [9.17, 15) is 9.18 Å². The predicted octanol–water partition coefficient (Wildman–Crippen LogP) is 2.87. The molecule has 0 bridgehead atoms. The summed E-state index contributed by atoms with van der Waals surface area (Å²) in [6, 6.07) is 6.45. The highest BCUT2D eigenvalue weighted by Crippen LogP contribution is 2.22. The van der Waals surface area contributed by atoms with Crippen molar-refractivity contribution in [3.8, 4) is 0 Å². The van der Waals surface area contributed by atoms with E-state index in [-0.39, 0.29) is 11.8 Å². The Morgan fingerprint density at radius 3 is 2.86 bits per heavy atom. The zero-order chi connectivity index (χ0) is 15.8. The van der Waals surface area contributed by atoms with Crippen LogP contribution in [0.1, 0.15) is 31.7 Å². The van der Waals surface area contributed by atoms with Gasteiger partial charge in [-0.3, -0.25) is 0 Å². The van der Waals surface area contributed by atoms with Crippen molar-refractivity contribution in [3.63, 3.8) is 0 Å². The highest BCUT2D eigenvalue weighted by atomic mass is 19.1. The predicted molar refractivity (Wildman–Crippen MR) is 84.3 cm³/mol. The van der Waals surface area contributed by atoms with Crippen molar-refractivity contribution >= 4 is 6.03 Å². The number of carbonyl (C=O) groups is 1. The van der Waals surface area contributed by atoms with Crippen molar-refractivity contribution in [1.82, 2.24) is 10.6 Å². The van der Waals surface area contributed by atoms with Crippen LogP contribution in [0, 0.1) is 11.7 Å². The van der Waals surface area contributed by atoms with Gasteiger partial charge < -0.3 is 15.4 Å². The number of nitrogens with one attached hydrogen (secondary N) is 2. The normalized spacial score (nSPS) is 21.4. The molecule has 2 atom stereocenters. The molecule has 22 heavy (non-hydrogen) atoms. The number of rotatable bonds is 6. The Morgan fingerprint density at radius 1 is 1.32 bits per heavy atom. The van der Waals surface area contributed by atoms with Gasteiger partial charge in [-0.2, -0.15) is 0 Å². The summed E-state index contributed by atoms with van der Waals surface area (Å²) in [5, 5.41) is 5.62. The Kier molecular flexibility index (Phi) is 6.65. The second kappa shape index (κ2) is 8.73. The fraction of sp³-hybridized carbons (Fsp3) is 0.588. The number of benzene rings is 1. The molecule has 1 fully saturated rings. The van der Waals surface area contributed by atoms with Gasteiger partial charge in [-0.1, -0.05) is 18.2 Å². The number of hydrogen-bond acceptors (Lipinski definition) is 2. The molecule has 5 heteroatoms. The topological polar surface area (TPSA) is 50.4 Å². The first-order chi connectivity index (χ1) is 10.6. The van der Waals surface area contributed by atoms with Gasteiger partial charge in [0.15, 0.2) is 0 Å². The van der Waals surface area contributed by atoms with Gasteiger partial charge in [-0.25, -0.2) is 9.18 Å². The third-order valence-corrected chi connectivity index (χ3v) is 4.07. The lowest BCUT2D eigenvalue weighted by Crippen LogP contribution is -2.38. The van der Waals surface area contributed by atoms with Crippen molar-refractivity contribution in [2.45, 2.75) is 38.7 Å². The van der Waals surface area contributed by atoms with Crippen LogP contribution in [0.25, 0.3) is 0 Å². The molecule has 1 aromatic rings. The van der Waals surface area contributed by atoms with E-state index in [4.69, 9.17) is 4.74 Å². The number of carbonyl (C=O) groups excluding carboxylic acids is 1. The minimum Gasteiger partial charge on any atom is -0.378 e. The van der Waals surface area contributed by atoms with Gasteiger partial charge in [-0.05, 0) is 50.2 Å². The molecule has 1 heterocycles. The summed E-state index contributed by atoms with van der Waals surface area (Å²) < 4.78 is 18.9. The van der Waals surface area contributed by atoms with E-state index in [1.807, 2.05) is 0 Å². The van der Waals surface area contributed by atoms with Crippen LogP contribution in [-0.2, 0) is 11.2 Å². The molecule has 0 aromatic heterocycles. The van der Waals surface area contributed by atoms with E-state index in [1.54, 1.807) is 18.2 Å². The second-order valence-electron chi connectivity index (χ2n) is 5.88. The molecule has 1 aliphatic rings. The lowest BCUT2D eigenvalue weighted by atomic mass is 9.93. The van der Waals surface area contributed by atoms with E-state index in [0.717, 1.165) is 25.9 Å². The molecule has 2 rings (SSSR count). The first kappa shape index (κ1) is 16.7. The average molecular weight is 308 g/mol. The third-order valence-electron chi connectivity index (χ3n) is 4.07. The molecule has 0 radical (unpaired) electrons. The Hall–Kier alpha value is -1.62. The van der Waals surface area contributed by atoms with Crippen LogP contribution >= 0.6 is 0 Å². The molecule has 2 N–H and O–H groups in total. The van der Waals surface area contributed by atoms with E-state index in [0.29, 0.717) is 37.1 Å². The summed E-state index contributed by atoms with van der Waals surface area (Å²) in [5.41, 5.74) is 0.624. The van der Waals surface area contributed by atoms with Crippen molar-refractivity contribution < 1.29 is 13.9 Å². The largest absolute Gasteiger partial charge is 0.378 e. The van der Waals surface area contributed by atoms with Gasteiger partial charge >= 0.3 is 6.03 Å². The van der Waals surface area contributed by atoms with Gasteiger partial charge in [0, 0.05) is 19.7 Å². The number of hydrogen-bond donors (Lipinski definition) is 2. The molecule has 2 amide bonds. The molecular formula is C17H25FN2O2. The fourth-order valence-electron chi connectivity index (χ4n) is 2.82. The van der Waals surface area contributed by atoms with E-state index in [2.05, 4.69) is 17.6 Å². The summed E-state index contributed by atoms with van der Waals surface area (Å²) in [7, 11) is 0. The Labute approximate surface area is 131 Å². The summed E-state index contributed by atoms with van der Waals surface area (Å²) in [4.78, 5) is 11.7. The SMILES string of the molecule is C[C@@H]1C[C@@H](CCNC(=O)NCCc2ccccc2F)CCO1. The zero-order valence-corrected chi connectivity index (χ0v) is 13.1. The summed E-state index contributed by atoms with van der Waals surface area (Å²) >= 11 is 0. The van der Waals surface area contributed by atoms with Crippen molar-refractivity contribution in [2.24, 2.45) is 5.92 Å². The number of urea groups is 1. The monoisotopic (exact) mass is 308 g/mol. The van der Waals surface area contributed by atoms with Gasteiger partial charge in [0.2, 0.25) is 0 Å². The van der Waals surface area contributed by atoms with Gasteiger partial charge in [-0.15, -0.1) is 0 Å². The minimum absolute atomic E-state index is 0.184. The van der Waals surface area contributed by atoms with E-state index in [1.165, 1.54) is 6.07 Å². The number of amides is 2. The van der Waals surface area contributed by atoms with E-state index < -0.39 is 0 Å². The number of halogens is 1. The van der Waals surface area contributed by atoms with E-state index >= 15 is 0 Å². The molecular weight excluding hydrogens is 283 g/mol. The molecule has 1 aliphatic heterocycles. The summed E-state index contributed by atoms with van der Waals surface area (Å²) in [5.74, 6) is 0.404. The van der Waals surface area contributed by atoms with Crippen molar-refractivity contribution in [3.05, 3.63) is 35.6 Å². The first-order valence-electron chi connectivity index (χ1n) is 8.02. The van der Waals surface area contributed by atoms with Crippen LogP contribution in [0.5, 0.6) is 0 Å². The lowest BCUT2D eigenvalue weighted by molar-refractivity contribution is 0.00117. The van der Waals surface area contributed by atoms with Crippen LogP contribution in [-0.4, -0.2) is 31.8 Å². The maximum Gasteiger partial charge on any atom is 0.314 e. The molecule has 0 unspecified atom stereocenters. The molecule has 1 saturated heterocycles. The highest BCUT2D eigenvalue weighted by molar-refractivity contribution is 5.73. The van der Waals surface area contributed by atoms with Crippen LogP contribution in [0.15, 0.2) is 24.3 Å². The first-order valence-corrected chi connectivity index (χ1v) is 8.02. The minimum atomic E-state index is -0.224. The highest BCUT2D eigenvalue weighted by Gasteiger charge is 2.18. The number of ether oxygens (including phenoxy) is 1. The Balaban J connectivity index is 1.57. The molecule has 0 aliphatic carbocycles. The quantitative estimate of drug-likeness (QED) is 0.849. The zero-order valence-electron chi connectivity index (χ0n) is 13.1. The molecule has 0 spiro atoms. The maximum atomic E-state index is 13.4. The molecule has 4 nitrogen and oxygen atoms in total. The summed E-state index contributed by atoms with van der Waals surface area (Å²) in [6.07, 6.45) is 3.94. The second-order valence-corrected chi connectivity index (χ2v) is 5.88. The van der Waals surface area contributed by atoms with Crippen LogP contribution in [0.4, 0.5) is 9.18 Å². The summed E-state index contributed by atoms with van der Waals surface area (Å²) in [6.45, 7) is 4.01. The molecule has 0 saturated carbocycles. The Morgan fingerprint density at radius 2 is 2.09 bits per heavy atom. The van der Waals surface area contributed by atoms with Gasteiger partial charge in [0.25, 0.3) is 0 Å². The fourth-order valence-corrected chi connectivity index (χ4v) is 2.82. The van der Waals surface area contributed by atoms with Crippen LogP contribution in [0.2, 0.25) is 0 Å². The lowest BCUT2D eigenvalue weighted by Gasteiger charge is -2.27. The van der Waals surface area contributed by atoms with Gasteiger partial charge in [0.1, 0.15) is 5.82 Å². The van der Waals surface area contributed by atoms with Crippen molar-refractivity contribution in [1.29, 1.82) is 0 Å². The smallest absolute Gasteiger partial charge is 0.314 e. The van der Waals surface area contributed by atoms with Crippen LogP contribution in [0.3, 0.4) is 0 Å². The average Bonchev–Trinajstić information content (AvgIpc) is 2.49. The third kappa shape index (κ3) is 5.64. The standard InChI is InChI=1S/C17H25FN2O2/c1-13-12-14(8-11-22-13)6-9-19-17(21)20-10-7-15-4-2-3-5-16(15)18/h2-5,13-14H,6-12H2,1H3,(H2,19,20,21)/t13-,14+/m1/s1. The van der Waals surface area contributed by atoms with Crippen molar-refractivity contribution in [2.75, 3.05) is 19.7 Å². The van der Waals surface area contributed by atoms with Crippen LogP contribution < -0.4 is 10.6 Å².